The Morgan fingerprint density at radius 1 is 1.23 bits per heavy atom. The molecule has 9 heteroatoms. The van der Waals surface area contributed by atoms with Crippen LogP contribution in [0.15, 0.2) is 45.8 Å². The van der Waals surface area contributed by atoms with E-state index < -0.39 is 26.4 Å². The van der Waals surface area contributed by atoms with E-state index in [0.717, 1.165) is 23.8 Å². The lowest BCUT2D eigenvalue weighted by molar-refractivity contribution is -0.386. The van der Waals surface area contributed by atoms with E-state index in [2.05, 4.69) is 20.7 Å². The maximum Gasteiger partial charge on any atom is 0.312 e. The van der Waals surface area contributed by atoms with Crippen LogP contribution in [0.2, 0.25) is 0 Å². The zero-order valence-electron chi connectivity index (χ0n) is 11.3. The summed E-state index contributed by atoms with van der Waals surface area (Å²) in [7, 11) is -4.02. The van der Waals surface area contributed by atoms with Gasteiger partial charge in [-0.25, -0.2) is 8.42 Å². The topological polar surface area (TPSA) is 110 Å². The highest BCUT2D eigenvalue weighted by molar-refractivity contribution is 9.10. The molecule has 22 heavy (non-hydrogen) atoms. The number of hydrogen-bond acceptors (Lipinski definition) is 5. The molecule has 0 spiro atoms. The fourth-order valence-corrected chi connectivity index (χ4v) is 3.55. The van der Waals surface area contributed by atoms with E-state index in [4.69, 9.17) is 0 Å². The molecule has 0 aliphatic heterocycles. The number of nitro groups is 1. The van der Waals surface area contributed by atoms with Crippen molar-refractivity contribution < 1.29 is 18.4 Å². The number of nitrogens with one attached hydrogen (secondary N) is 1. The number of anilines is 1. The molecule has 0 radical (unpaired) electrons. The standard InChI is InChI=1S/C13H11BrN2O5S/c1-8-2-4-11(10(14)6-8)15-22(20,21)9-3-5-13(17)12(7-9)16(18)19/h2-7,15,17H,1H3. The number of phenolic OH excluding ortho intramolecular Hbond substituents is 1. The van der Waals surface area contributed by atoms with Crippen LogP contribution >= 0.6 is 15.9 Å². The molecule has 0 heterocycles. The Morgan fingerprint density at radius 2 is 1.91 bits per heavy atom. The van der Waals surface area contributed by atoms with Crippen LogP contribution in [0, 0.1) is 17.0 Å². The van der Waals surface area contributed by atoms with Gasteiger partial charge in [0.2, 0.25) is 0 Å². The van der Waals surface area contributed by atoms with Gasteiger partial charge in [0.05, 0.1) is 15.5 Å². The first-order valence-electron chi connectivity index (χ1n) is 5.97. The minimum Gasteiger partial charge on any atom is -0.502 e. The first kappa shape index (κ1) is 16.2. The third-order valence-electron chi connectivity index (χ3n) is 2.82. The molecule has 0 aliphatic carbocycles. The number of halogens is 1. The molecule has 0 saturated carbocycles. The molecule has 2 aromatic rings. The Kier molecular flexibility index (Phi) is 4.38. The minimum absolute atomic E-state index is 0.307. The predicted molar refractivity (Wildman–Crippen MR) is 84.4 cm³/mol. The highest BCUT2D eigenvalue weighted by Gasteiger charge is 2.21. The van der Waals surface area contributed by atoms with Gasteiger partial charge >= 0.3 is 5.69 Å². The number of sulfonamides is 1. The van der Waals surface area contributed by atoms with Crippen LogP contribution in [-0.2, 0) is 10.0 Å². The van der Waals surface area contributed by atoms with Crippen LogP contribution in [0.1, 0.15) is 5.56 Å². The summed E-state index contributed by atoms with van der Waals surface area (Å²) < 4.78 is 27.5. The first-order chi connectivity index (χ1) is 10.2. The van der Waals surface area contributed by atoms with Crippen LogP contribution in [0.3, 0.4) is 0 Å². The number of nitrogens with zero attached hydrogens (tertiary/aromatic N) is 1. The van der Waals surface area contributed by atoms with Gasteiger partial charge in [-0.05, 0) is 52.7 Å². The number of nitro benzene ring substituents is 1. The molecule has 0 aromatic heterocycles. The molecule has 0 fully saturated rings. The van der Waals surface area contributed by atoms with Gasteiger partial charge in [-0.15, -0.1) is 0 Å². The summed E-state index contributed by atoms with van der Waals surface area (Å²) in [6.45, 7) is 1.85. The van der Waals surface area contributed by atoms with Gasteiger partial charge in [-0.1, -0.05) is 6.07 Å². The molecule has 0 bridgehead atoms. The molecule has 0 unspecified atom stereocenters. The monoisotopic (exact) mass is 386 g/mol. The van der Waals surface area contributed by atoms with Gasteiger partial charge in [-0.2, -0.15) is 0 Å². The van der Waals surface area contributed by atoms with Crippen molar-refractivity contribution in [2.75, 3.05) is 4.72 Å². The Hall–Kier alpha value is -2.13. The number of phenols is 1. The molecule has 0 amide bonds. The minimum atomic E-state index is -4.02. The van der Waals surface area contributed by atoms with Crippen molar-refractivity contribution in [3.8, 4) is 5.75 Å². The van der Waals surface area contributed by atoms with Crippen molar-refractivity contribution in [3.63, 3.8) is 0 Å². The first-order valence-corrected chi connectivity index (χ1v) is 8.25. The Labute approximate surface area is 134 Å². The van der Waals surface area contributed by atoms with Gasteiger partial charge in [0.15, 0.2) is 5.75 Å². The van der Waals surface area contributed by atoms with Gasteiger partial charge in [0.25, 0.3) is 10.0 Å². The number of aryl methyl sites for hydroxylation is 1. The van der Waals surface area contributed by atoms with Crippen molar-refractivity contribution in [3.05, 3.63) is 56.5 Å². The molecule has 7 nitrogen and oxygen atoms in total. The summed E-state index contributed by atoms with van der Waals surface area (Å²) in [5.41, 5.74) is 0.572. The van der Waals surface area contributed by atoms with E-state index in [9.17, 15) is 23.6 Å². The second kappa shape index (κ2) is 5.93. The predicted octanol–water partition coefficient (Wildman–Crippen LogP) is 3.17. The fraction of sp³-hybridized carbons (Fsp3) is 0.0769. The number of rotatable bonds is 4. The highest BCUT2D eigenvalue weighted by Crippen LogP contribution is 2.30. The second-order valence-corrected chi connectivity index (χ2v) is 7.03. The largest absolute Gasteiger partial charge is 0.502 e. The number of hydrogen-bond donors (Lipinski definition) is 2. The summed E-state index contributed by atoms with van der Waals surface area (Å²) in [6.07, 6.45) is 0. The van der Waals surface area contributed by atoms with Crippen molar-refractivity contribution in [2.45, 2.75) is 11.8 Å². The number of aromatic hydroxyl groups is 1. The Balaban J connectivity index is 2.42. The molecule has 2 N–H and O–H groups in total. The molecule has 2 aromatic carbocycles. The lowest BCUT2D eigenvalue weighted by Gasteiger charge is -2.10. The molecule has 0 aliphatic rings. The normalized spacial score (nSPS) is 11.2. The Bertz CT molecular complexity index is 852. The summed E-state index contributed by atoms with van der Waals surface area (Å²) in [4.78, 5) is 9.61. The van der Waals surface area contributed by atoms with Crippen molar-refractivity contribution in [1.82, 2.24) is 0 Å². The summed E-state index contributed by atoms with van der Waals surface area (Å²) in [5, 5.41) is 20.1. The fourth-order valence-electron chi connectivity index (χ4n) is 1.72. The summed E-state index contributed by atoms with van der Waals surface area (Å²) >= 11 is 3.25. The average molecular weight is 387 g/mol. The lowest BCUT2D eigenvalue weighted by atomic mass is 10.2. The van der Waals surface area contributed by atoms with E-state index in [-0.39, 0.29) is 4.90 Å². The average Bonchev–Trinajstić information content (AvgIpc) is 2.42. The van der Waals surface area contributed by atoms with Crippen LogP contribution in [0.5, 0.6) is 5.75 Å². The van der Waals surface area contributed by atoms with Crippen molar-refractivity contribution in [2.24, 2.45) is 0 Å². The van der Waals surface area contributed by atoms with E-state index in [1.54, 1.807) is 18.2 Å². The smallest absolute Gasteiger partial charge is 0.312 e. The maximum atomic E-state index is 12.3. The molecule has 2 rings (SSSR count). The van der Waals surface area contributed by atoms with E-state index in [1.165, 1.54) is 0 Å². The van der Waals surface area contributed by atoms with Crippen LogP contribution < -0.4 is 4.72 Å². The zero-order chi connectivity index (χ0) is 16.5. The van der Waals surface area contributed by atoms with E-state index in [0.29, 0.717) is 10.2 Å². The van der Waals surface area contributed by atoms with Crippen LogP contribution in [0.4, 0.5) is 11.4 Å². The maximum absolute atomic E-state index is 12.3. The quantitative estimate of drug-likeness (QED) is 0.619. The van der Waals surface area contributed by atoms with Crippen LogP contribution in [-0.4, -0.2) is 18.4 Å². The van der Waals surface area contributed by atoms with E-state index in [1.807, 2.05) is 6.92 Å². The highest BCUT2D eigenvalue weighted by atomic mass is 79.9. The molecular formula is C13H11BrN2O5S. The second-order valence-electron chi connectivity index (χ2n) is 4.50. The number of benzene rings is 2. The van der Waals surface area contributed by atoms with E-state index >= 15 is 0 Å². The van der Waals surface area contributed by atoms with Gasteiger partial charge in [-0.3, -0.25) is 14.8 Å². The third-order valence-corrected chi connectivity index (χ3v) is 4.84. The summed E-state index contributed by atoms with van der Waals surface area (Å²) in [6, 6.07) is 7.90. The molecule has 116 valence electrons. The van der Waals surface area contributed by atoms with Crippen molar-refractivity contribution >= 4 is 37.3 Å². The van der Waals surface area contributed by atoms with Crippen LogP contribution in [0.25, 0.3) is 0 Å². The van der Waals surface area contributed by atoms with Gasteiger partial charge < -0.3 is 5.11 Å². The molecular weight excluding hydrogens is 376 g/mol. The SMILES string of the molecule is Cc1ccc(NS(=O)(=O)c2ccc(O)c([N+](=O)[O-])c2)c(Br)c1. The lowest BCUT2D eigenvalue weighted by Crippen LogP contribution is -2.13. The Morgan fingerprint density at radius 3 is 2.50 bits per heavy atom. The summed E-state index contributed by atoms with van der Waals surface area (Å²) in [5.74, 6) is -0.597. The third kappa shape index (κ3) is 3.37. The van der Waals surface area contributed by atoms with Gasteiger partial charge in [0.1, 0.15) is 0 Å². The van der Waals surface area contributed by atoms with Gasteiger partial charge in [0, 0.05) is 10.5 Å². The zero-order valence-corrected chi connectivity index (χ0v) is 13.7. The van der Waals surface area contributed by atoms with Crippen molar-refractivity contribution in [1.29, 1.82) is 0 Å². The molecule has 0 saturated heterocycles. The molecule has 0 atom stereocenters.